The summed E-state index contributed by atoms with van der Waals surface area (Å²) >= 11 is 12.2. The van der Waals surface area contributed by atoms with Crippen molar-refractivity contribution in [2.45, 2.75) is 12.5 Å². The van der Waals surface area contributed by atoms with Gasteiger partial charge in [-0.25, -0.2) is 0 Å². The van der Waals surface area contributed by atoms with E-state index in [1.54, 1.807) is 43.5 Å². The number of amides is 1. The molecule has 0 spiro atoms. The highest BCUT2D eigenvalue weighted by molar-refractivity contribution is 6.40. The van der Waals surface area contributed by atoms with Gasteiger partial charge in [0.05, 0.1) is 35.9 Å². The average Bonchev–Trinajstić information content (AvgIpc) is 3.08. The van der Waals surface area contributed by atoms with E-state index < -0.39 is 5.91 Å². The van der Waals surface area contributed by atoms with Crippen LogP contribution in [0.1, 0.15) is 16.8 Å². The number of hydrogen-bond acceptors (Lipinski definition) is 4. The van der Waals surface area contributed by atoms with Gasteiger partial charge in [-0.05, 0) is 24.3 Å². The quantitative estimate of drug-likeness (QED) is 0.832. The molecule has 5 nitrogen and oxygen atoms in total. The number of ether oxygens (including phenoxy) is 3. The summed E-state index contributed by atoms with van der Waals surface area (Å²) in [7, 11) is 1.56. The molecule has 7 heteroatoms. The third-order valence-electron chi connectivity index (χ3n) is 3.79. The second-order valence-corrected chi connectivity index (χ2v) is 6.33. The third-order valence-corrected chi connectivity index (χ3v) is 4.42. The first-order valence-corrected chi connectivity index (χ1v) is 8.52. The molecular formula is C18H17Cl2NO4. The number of hydrogen-bond donors (Lipinski definition) is 1. The first-order chi connectivity index (χ1) is 12.1. The molecule has 1 atom stereocenters. The fraction of sp³-hybridized carbons (Fsp3) is 0.278. The number of anilines is 1. The molecule has 1 amide bonds. The van der Waals surface area contributed by atoms with Crippen LogP contribution < -0.4 is 14.8 Å². The fourth-order valence-corrected chi connectivity index (χ4v) is 3.11. The monoisotopic (exact) mass is 381 g/mol. The Labute approximate surface area is 155 Å². The Balaban J connectivity index is 1.81. The van der Waals surface area contributed by atoms with E-state index in [2.05, 4.69) is 5.32 Å². The van der Waals surface area contributed by atoms with Crippen molar-refractivity contribution in [2.24, 2.45) is 0 Å². The second kappa shape index (κ2) is 7.95. The lowest BCUT2D eigenvalue weighted by Gasteiger charge is -2.16. The first-order valence-electron chi connectivity index (χ1n) is 7.76. The molecule has 0 aliphatic carbocycles. The molecule has 25 heavy (non-hydrogen) atoms. The van der Waals surface area contributed by atoms with E-state index in [-0.39, 0.29) is 21.7 Å². The summed E-state index contributed by atoms with van der Waals surface area (Å²) in [6, 6.07) is 10.1. The summed E-state index contributed by atoms with van der Waals surface area (Å²) in [6.45, 7) is 1.21. The summed E-state index contributed by atoms with van der Waals surface area (Å²) < 4.78 is 16.6. The highest BCUT2D eigenvalue weighted by Crippen LogP contribution is 2.33. The lowest BCUT2D eigenvalue weighted by Crippen LogP contribution is -2.17. The van der Waals surface area contributed by atoms with Gasteiger partial charge < -0.3 is 19.5 Å². The third kappa shape index (κ3) is 4.18. The molecular weight excluding hydrogens is 365 g/mol. The molecule has 2 aromatic rings. The Morgan fingerprint density at radius 1 is 1.20 bits per heavy atom. The highest BCUT2D eigenvalue weighted by atomic mass is 35.5. The molecule has 1 fully saturated rings. The number of rotatable bonds is 5. The van der Waals surface area contributed by atoms with Gasteiger partial charge in [-0.2, -0.15) is 0 Å². The molecule has 0 aromatic heterocycles. The van der Waals surface area contributed by atoms with Crippen LogP contribution in [0.25, 0.3) is 0 Å². The molecule has 3 rings (SSSR count). The highest BCUT2D eigenvalue weighted by Gasteiger charge is 2.20. The van der Waals surface area contributed by atoms with Crippen molar-refractivity contribution >= 4 is 34.8 Å². The summed E-state index contributed by atoms with van der Waals surface area (Å²) in [6.07, 6.45) is 0.785. The standard InChI is InChI=1S/C18H17Cl2NO4/c1-23-15-6-5-11(9-16(15)25-12-7-8-24-10-12)21-18(22)17-13(19)3-2-4-14(17)20/h2-6,9,12H,7-8,10H2,1H3,(H,21,22). The zero-order valence-electron chi connectivity index (χ0n) is 13.6. The van der Waals surface area contributed by atoms with Crippen molar-refractivity contribution in [3.8, 4) is 11.5 Å². The van der Waals surface area contributed by atoms with Crippen LogP contribution in [0.2, 0.25) is 10.0 Å². The molecule has 1 aliphatic heterocycles. The summed E-state index contributed by atoms with van der Waals surface area (Å²) in [4.78, 5) is 12.5. The van der Waals surface area contributed by atoms with Crippen LogP contribution in [0.4, 0.5) is 5.69 Å². The molecule has 132 valence electrons. The van der Waals surface area contributed by atoms with Crippen LogP contribution in [0.3, 0.4) is 0 Å². The predicted molar refractivity (Wildman–Crippen MR) is 97.3 cm³/mol. The molecule has 1 aliphatic rings. The Kier molecular flexibility index (Phi) is 5.68. The molecule has 0 saturated carbocycles. The number of benzene rings is 2. The smallest absolute Gasteiger partial charge is 0.258 e. The van der Waals surface area contributed by atoms with Crippen LogP contribution in [0.5, 0.6) is 11.5 Å². The van der Waals surface area contributed by atoms with E-state index in [0.717, 1.165) is 6.42 Å². The zero-order valence-corrected chi connectivity index (χ0v) is 15.1. The van der Waals surface area contributed by atoms with Crippen molar-refractivity contribution in [3.05, 3.63) is 52.0 Å². The van der Waals surface area contributed by atoms with Gasteiger partial charge in [0, 0.05) is 18.2 Å². The van der Waals surface area contributed by atoms with Crippen LogP contribution in [-0.2, 0) is 4.74 Å². The van der Waals surface area contributed by atoms with Crippen molar-refractivity contribution in [2.75, 3.05) is 25.6 Å². The Hall–Kier alpha value is -1.95. The maximum absolute atomic E-state index is 12.5. The maximum Gasteiger partial charge on any atom is 0.258 e. The van der Waals surface area contributed by atoms with Crippen LogP contribution in [-0.4, -0.2) is 32.3 Å². The number of carbonyl (C=O) groups excluding carboxylic acids is 1. The summed E-state index contributed by atoms with van der Waals surface area (Å²) in [5, 5.41) is 3.36. The lowest BCUT2D eigenvalue weighted by molar-refractivity contribution is 0.102. The summed E-state index contributed by atoms with van der Waals surface area (Å²) in [5.41, 5.74) is 0.781. The van der Waals surface area contributed by atoms with Crippen molar-refractivity contribution in [3.63, 3.8) is 0 Å². The molecule has 1 unspecified atom stereocenters. The number of nitrogens with one attached hydrogen (secondary N) is 1. The number of carbonyl (C=O) groups is 1. The van der Waals surface area contributed by atoms with E-state index in [1.165, 1.54) is 0 Å². The topological polar surface area (TPSA) is 56.8 Å². The van der Waals surface area contributed by atoms with E-state index >= 15 is 0 Å². The van der Waals surface area contributed by atoms with E-state index in [9.17, 15) is 4.79 Å². The molecule has 1 heterocycles. The van der Waals surface area contributed by atoms with Crippen molar-refractivity contribution < 1.29 is 19.0 Å². The minimum Gasteiger partial charge on any atom is -0.493 e. The average molecular weight is 382 g/mol. The minimum absolute atomic E-state index is 0.0298. The van der Waals surface area contributed by atoms with E-state index in [1.807, 2.05) is 0 Å². The molecule has 1 N–H and O–H groups in total. The summed E-state index contributed by atoms with van der Waals surface area (Å²) in [5.74, 6) is 0.734. The second-order valence-electron chi connectivity index (χ2n) is 5.52. The van der Waals surface area contributed by atoms with Gasteiger partial charge >= 0.3 is 0 Å². The molecule has 0 radical (unpaired) electrons. The van der Waals surface area contributed by atoms with Crippen molar-refractivity contribution in [1.82, 2.24) is 0 Å². The first kappa shape index (κ1) is 17.9. The predicted octanol–water partition coefficient (Wildman–Crippen LogP) is 4.42. The Bertz CT molecular complexity index is 755. The Morgan fingerprint density at radius 2 is 1.96 bits per heavy atom. The van der Waals surface area contributed by atoms with Gasteiger partial charge in [-0.3, -0.25) is 4.79 Å². The van der Waals surface area contributed by atoms with Crippen LogP contribution in [0, 0.1) is 0 Å². The van der Waals surface area contributed by atoms with Gasteiger partial charge in [-0.15, -0.1) is 0 Å². The van der Waals surface area contributed by atoms with Gasteiger partial charge in [-0.1, -0.05) is 29.3 Å². The maximum atomic E-state index is 12.5. The molecule has 2 aromatic carbocycles. The SMILES string of the molecule is COc1ccc(NC(=O)c2c(Cl)cccc2Cl)cc1OC1CCOC1. The van der Waals surface area contributed by atoms with Gasteiger partial charge in [0.15, 0.2) is 11.5 Å². The fourth-order valence-electron chi connectivity index (χ4n) is 2.54. The number of methoxy groups -OCH3 is 1. The van der Waals surface area contributed by atoms with Gasteiger partial charge in [0.2, 0.25) is 0 Å². The van der Waals surface area contributed by atoms with E-state index in [0.29, 0.717) is 30.4 Å². The van der Waals surface area contributed by atoms with Crippen molar-refractivity contribution in [1.29, 1.82) is 0 Å². The van der Waals surface area contributed by atoms with Crippen LogP contribution >= 0.6 is 23.2 Å². The van der Waals surface area contributed by atoms with Crippen LogP contribution in [0.15, 0.2) is 36.4 Å². The zero-order chi connectivity index (χ0) is 17.8. The largest absolute Gasteiger partial charge is 0.493 e. The van der Waals surface area contributed by atoms with Gasteiger partial charge in [0.25, 0.3) is 5.91 Å². The molecule has 1 saturated heterocycles. The van der Waals surface area contributed by atoms with Gasteiger partial charge in [0.1, 0.15) is 6.10 Å². The Morgan fingerprint density at radius 3 is 2.60 bits per heavy atom. The minimum atomic E-state index is -0.393. The lowest BCUT2D eigenvalue weighted by atomic mass is 10.2. The molecule has 0 bridgehead atoms. The normalized spacial score (nSPS) is 16.5. The van der Waals surface area contributed by atoms with E-state index in [4.69, 9.17) is 37.4 Å². The number of halogens is 2.